The Labute approximate surface area is 88.1 Å². The molecule has 0 saturated heterocycles. The molecule has 1 heterocycles. The van der Waals surface area contributed by atoms with E-state index in [2.05, 4.69) is 29.3 Å². The Morgan fingerprint density at radius 2 is 2.36 bits per heavy atom. The molecule has 1 saturated carbocycles. The molecule has 1 aromatic rings. The average Bonchev–Trinajstić information content (AvgIpc) is 2.82. The molecule has 0 unspecified atom stereocenters. The number of anilines is 2. The molecule has 1 aliphatic rings. The summed E-state index contributed by atoms with van der Waals surface area (Å²) in [7, 11) is 4.26. The number of nitrogens with zero attached hydrogens (tertiary/aromatic N) is 2. The smallest absolute Gasteiger partial charge is 0.184 e. The van der Waals surface area contributed by atoms with Gasteiger partial charge >= 0.3 is 0 Å². The van der Waals surface area contributed by atoms with Gasteiger partial charge in [-0.1, -0.05) is 11.3 Å². The summed E-state index contributed by atoms with van der Waals surface area (Å²) in [5, 5.41) is 5.03. The van der Waals surface area contributed by atoms with Crippen LogP contribution in [0.25, 0.3) is 0 Å². The fourth-order valence-corrected chi connectivity index (χ4v) is 2.11. The molecule has 5 heteroatoms. The molecule has 0 amide bonds. The maximum Gasteiger partial charge on any atom is 0.184 e. The Morgan fingerprint density at radius 1 is 1.64 bits per heavy atom. The number of rotatable bonds is 4. The molecular weight excluding hydrogens is 196 g/mol. The van der Waals surface area contributed by atoms with Crippen LogP contribution in [0.1, 0.15) is 12.8 Å². The molecule has 0 aliphatic heterocycles. The molecule has 3 N–H and O–H groups in total. The van der Waals surface area contributed by atoms with E-state index in [0.717, 1.165) is 16.7 Å². The summed E-state index contributed by atoms with van der Waals surface area (Å²) in [6, 6.07) is 0. The SMILES string of the molecule is CN(C)C1(CNc2ncc(N)s2)CC1. The largest absolute Gasteiger partial charge is 0.389 e. The zero-order valence-corrected chi connectivity index (χ0v) is 9.40. The van der Waals surface area contributed by atoms with Crippen LogP contribution in [0.5, 0.6) is 0 Å². The van der Waals surface area contributed by atoms with Crippen LogP contribution in [-0.4, -0.2) is 36.1 Å². The third kappa shape index (κ3) is 1.83. The van der Waals surface area contributed by atoms with Crippen LogP contribution < -0.4 is 11.1 Å². The van der Waals surface area contributed by atoms with Crippen molar-refractivity contribution in [2.75, 3.05) is 31.7 Å². The first-order valence-corrected chi connectivity index (χ1v) is 5.57. The van der Waals surface area contributed by atoms with E-state index in [4.69, 9.17) is 5.73 Å². The lowest BCUT2D eigenvalue weighted by Gasteiger charge is -2.23. The van der Waals surface area contributed by atoms with Crippen molar-refractivity contribution < 1.29 is 0 Å². The maximum atomic E-state index is 5.60. The molecule has 0 spiro atoms. The van der Waals surface area contributed by atoms with Crippen LogP contribution in [0.2, 0.25) is 0 Å². The van der Waals surface area contributed by atoms with Gasteiger partial charge in [-0.25, -0.2) is 4.98 Å². The van der Waals surface area contributed by atoms with E-state index >= 15 is 0 Å². The summed E-state index contributed by atoms with van der Waals surface area (Å²) < 4.78 is 0. The monoisotopic (exact) mass is 212 g/mol. The first-order valence-electron chi connectivity index (χ1n) is 4.75. The second kappa shape index (κ2) is 3.40. The number of hydrogen-bond acceptors (Lipinski definition) is 5. The molecule has 2 rings (SSSR count). The summed E-state index contributed by atoms with van der Waals surface area (Å²) >= 11 is 1.50. The number of hydrogen-bond donors (Lipinski definition) is 2. The van der Waals surface area contributed by atoms with Gasteiger partial charge in [0.25, 0.3) is 0 Å². The van der Waals surface area contributed by atoms with Crippen molar-refractivity contribution in [2.24, 2.45) is 0 Å². The van der Waals surface area contributed by atoms with E-state index in [1.54, 1.807) is 6.20 Å². The molecule has 0 radical (unpaired) electrons. The van der Waals surface area contributed by atoms with Crippen molar-refractivity contribution >= 4 is 21.5 Å². The number of likely N-dealkylation sites (N-methyl/N-ethyl adjacent to an activating group) is 1. The summed E-state index contributed by atoms with van der Waals surface area (Å²) in [5.41, 5.74) is 5.96. The first kappa shape index (κ1) is 9.73. The normalized spacial score (nSPS) is 18.5. The lowest BCUT2D eigenvalue weighted by atomic mass is 10.2. The van der Waals surface area contributed by atoms with Gasteiger partial charge in [0.1, 0.15) is 5.00 Å². The van der Waals surface area contributed by atoms with Crippen LogP contribution in [0, 0.1) is 0 Å². The van der Waals surface area contributed by atoms with Gasteiger partial charge in [-0.15, -0.1) is 0 Å². The summed E-state index contributed by atoms with van der Waals surface area (Å²) in [4.78, 5) is 6.46. The van der Waals surface area contributed by atoms with Crippen LogP contribution in [0.15, 0.2) is 6.20 Å². The molecule has 14 heavy (non-hydrogen) atoms. The number of nitrogens with one attached hydrogen (secondary N) is 1. The van der Waals surface area contributed by atoms with Crippen LogP contribution >= 0.6 is 11.3 Å². The quantitative estimate of drug-likeness (QED) is 0.788. The lowest BCUT2D eigenvalue weighted by Crippen LogP contribution is -2.36. The number of nitrogen functional groups attached to an aromatic ring is 1. The topological polar surface area (TPSA) is 54.2 Å². The Kier molecular flexibility index (Phi) is 2.36. The molecule has 0 atom stereocenters. The molecule has 1 aromatic heterocycles. The van der Waals surface area contributed by atoms with Crippen molar-refractivity contribution in [3.05, 3.63) is 6.20 Å². The van der Waals surface area contributed by atoms with Gasteiger partial charge in [0.05, 0.1) is 6.20 Å². The lowest BCUT2D eigenvalue weighted by molar-refractivity contribution is 0.284. The van der Waals surface area contributed by atoms with Gasteiger partial charge < -0.3 is 16.0 Å². The van der Waals surface area contributed by atoms with Crippen LogP contribution in [0.3, 0.4) is 0 Å². The van der Waals surface area contributed by atoms with Crippen molar-refractivity contribution in [3.8, 4) is 0 Å². The minimum atomic E-state index is 0.362. The van der Waals surface area contributed by atoms with Crippen molar-refractivity contribution in [3.63, 3.8) is 0 Å². The predicted molar refractivity (Wildman–Crippen MR) is 60.7 cm³/mol. The summed E-state index contributed by atoms with van der Waals surface area (Å²) in [6.45, 7) is 0.965. The van der Waals surface area contributed by atoms with E-state index in [-0.39, 0.29) is 0 Å². The van der Waals surface area contributed by atoms with Gasteiger partial charge in [-0.2, -0.15) is 0 Å². The fourth-order valence-electron chi connectivity index (χ4n) is 1.53. The van der Waals surface area contributed by atoms with Crippen molar-refractivity contribution in [1.82, 2.24) is 9.88 Å². The summed E-state index contributed by atoms with van der Waals surface area (Å²) in [6.07, 6.45) is 4.24. The Bertz CT molecular complexity index is 316. The van der Waals surface area contributed by atoms with E-state index in [0.29, 0.717) is 5.54 Å². The summed E-state index contributed by atoms with van der Waals surface area (Å²) in [5.74, 6) is 0. The van der Waals surface area contributed by atoms with E-state index < -0.39 is 0 Å². The minimum absolute atomic E-state index is 0.362. The third-order valence-corrected chi connectivity index (χ3v) is 3.65. The predicted octanol–water partition coefficient (Wildman–Crippen LogP) is 1.23. The van der Waals surface area contributed by atoms with E-state index in [9.17, 15) is 0 Å². The van der Waals surface area contributed by atoms with Gasteiger partial charge in [-0.05, 0) is 26.9 Å². The first-order chi connectivity index (χ1) is 6.62. The standard InChI is InChI=1S/C9H16N4S/c1-13(2)9(3-4-9)6-12-8-11-5-7(10)14-8/h5H,3-4,6,10H2,1-2H3,(H,11,12). The highest BCUT2D eigenvalue weighted by Gasteiger charge is 2.44. The van der Waals surface area contributed by atoms with E-state index in [1.165, 1.54) is 24.2 Å². The van der Waals surface area contributed by atoms with Crippen molar-refractivity contribution in [2.45, 2.75) is 18.4 Å². The molecular formula is C9H16N4S. The van der Waals surface area contributed by atoms with Crippen molar-refractivity contribution in [1.29, 1.82) is 0 Å². The van der Waals surface area contributed by atoms with Gasteiger partial charge in [0.2, 0.25) is 0 Å². The molecule has 0 bridgehead atoms. The highest BCUT2D eigenvalue weighted by Crippen LogP contribution is 2.40. The number of thiazole rings is 1. The minimum Gasteiger partial charge on any atom is -0.389 e. The average molecular weight is 212 g/mol. The molecule has 1 fully saturated rings. The highest BCUT2D eigenvalue weighted by molar-refractivity contribution is 7.19. The van der Waals surface area contributed by atoms with Crippen LogP contribution in [0.4, 0.5) is 10.1 Å². The fraction of sp³-hybridized carbons (Fsp3) is 0.667. The number of nitrogens with two attached hydrogens (primary N) is 1. The van der Waals surface area contributed by atoms with Crippen LogP contribution in [-0.2, 0) is 0 Å². The van der Waals surface area contributed by atoms with E-state index in [1.807, 2.05) is 0 Å². The zero-order valence-electron chi connectivity index (χ0n) is 8.58. The Balaban J connectivity index is 1.89. The Hall–Kier alpha value is -0.810. The second-order valence-corrected chi connectivity index (χ2v) is 5.10. The van der Waals surface area contributed by atoms with Gasteiger partial charge in [-0.3, -0.25) is 0 Å². The Morgan fingerprint density at radius 3 is 2.79 bits per heavy atom. The molecule has 0 aromatic carbocycles. The number of aromatic nitrogens is 1. The zero-order chi connectivity index (χ0) is 10.2. The molecule has 4 nitrogen and oxygen atoms in total. The molecule has 1 aliphatic carbocycles. The highest BCUT2D eigenvalue weighted by atomic mass is 32.1. The van der Waals surface area contributed by atoms with Gasteiger partial charge in [0, 0.05) is 12.1 Å². The second-order valence-electron chi connectivity index (χ2n) is 4.04. The van der Waals surface area contributed by atoms with Gasteiger partial charge in [0.15, 0.2) is 5.13 Å². The molecule has 78 valence electrons. The third-order valence-electron chi connectivity index (χ3n) is 2.87. The maximum absolute atomic E-state index is 5.60.